The van der Waals surface area contributed by atoms with Crippen molar-refractivity contribution in [3.63, 3.8) is 0 Å². The van der Waals surface area contributed by atoms with E-state index in [1.165, 1.54) is 51.0 Å². The molecule has 1 nitrogen and oxygen atoms in total. The third kappa shape index (κ3) is 4.85. The summed E-state index contributed by atoms with van der Waals surface area (Å²) >= 11 is 4.71. The summed E-state index contributed by atoms with van der Waals surface area (Å²) in [6.07, 6.45) is 9.41. The van der Waals surface area contributed by atoms with Gasteiger partial charge >= 0.3 is 0 Å². The summed E-state index contributed by atoms with van der Waals surface area (Å²) in [5.74, 6) is 0. The molecule has 1 aliphatic rings. The SMILES string of the molecule is CCCCCCC(S)[SiH]1CCCCO1. The second-order valence-electron chi connectivity index (χ2n) is 4.32. The zero-order valence-corrected chi connectivity index (χ0v) is 11.4. The van der Waals surface area contributed by atoms with Gasteiger partial charge in [-0.05, 0) is 18.9 Å². The maximum Gasteiger partial charge on any atom is 0.189 e. The van der Waals surface area contributed by atoms with Crippen molar-refractivity contribution in [1.29, 1.82) is 0 Å². The first-order chi connectivity index (χ1) is 6.84. The molecule has 3 heteroatoms. The highest BCUT2D eigenvalue weighted by Crippen LogP contribution is 2.20. The highest BCUT2D eigenvalue weighted by molar-refractivity contribution is 7.82. The molecular formula is C11H24OSSi. The first-order valence-corrected chi connectivity index (χ1v) is 8.61. The van der Waals surface area contributed by atoms with Gasteiger partial charge in [-0.2, -0.15) is 12.6 Å². The Morgan fingerprint density at radius 1 is 1.29 bits per heavy atom. The van der Waals surface area contributed by atoms with Gasteiger partial charge in [-0.1, -0.05) is 39.0 Å². The molecule has 0 spiro atoms. The smallest absolute Gasteiger partial charge is 0.189 e. The Hall–Kier alpha value is 0.527. The molecular weight excluding hydrogens is 208 g/mol. The minimum Gasteiger partial charge on any atom is -0.419 e. The summed E-state index contributed by atoms with van der Waals surface area (Å²) in [5.41, 5.74) is 0. The summed E-state index contributed by atoms with van der Waals surface area (Å²) in [4.78, 5) is 0.618. The van der Waals surface area contributed by atoms with Gasteiger partial charge in [0.25, 0.3) is 0 Å². The molecule has 0 aliphatic carbocycles. The summed E-state index contributed by atoms with van der Waals surface area (Å²) in [6.45, 7) is 3.28. The maximum absolute atomic E-state index is 5.86. The number of unbranched alkanes of at least 4 members (excludes halogenated alkanes) is 3. The number of hydrogen-bond acceptors (Lipinski definition) is 2. The highest BCUT2D eigenvalue weighted by atomic mass is 32.1. The Kier molecular flexibility index (Phi) is 6.99. The van der Waals surface area contributed by atoms with Crippen LogP contribution in [-0.2, 0) is 4.43 Å². The van der Waals surface area contributed by atoms with Gasteiger partial charge in [-0.3, -0.25) is 0 Å². The van der Waals surface area contributed by atoms with Gasteiger partial charge in [-0.25, -0.2) is 0 Å². The van der Waals surface area contributed by atoms with E-state index in [-0.39, 0.29) is 0 Å². The molecule has 0 bridgehead atoms. The van der Waals surface area contributed by atoms with Gasteiger partial charge in [0.1, 0.15) is 0 Å². The van der Waals surface area contributed by atoms with Gasteiger partial charge < -0.3 is 4.43 Å². The Morgan fingerprint density at radius 3 is 2.79 bits per heavy atom. The summed E-state index contributed by atoms with van der Waals surface area (Å²) < 4.78 is 5.86. The molecule has 0 amide bonds. The normalized spacial score (nSPS) is 24.9. The second-order valence-corrected chi connectivity index (χ2v) is 8.34. The Morgan fingerprint density at radius 2 is 2.14 bits per heavy atom. The molecule has 0 aromatic rings. The zero-order valence-electron chi connectivity index (χ0n) is 9.37. The van der Waals surface area contributed by atoms with E-state index >= 15 is 0 Å². The molecule has 1 rings (SSSR count). The Bertz CT molecular complexity index is 137. The molecule has 0 aromatic carbocycles. The molecule has 14 heavy (non-hydrogen) atoms. The van der Waals surface area contributed by atoms with Gasteiger partial charge in [0, 0.05) is 11.5 Å². The average molecular weight is 232 g/mol. The van der Waals surface area contributed by atoms with Crippen LogP contribution in [0.15, 0.2) is 0 Å². The monoisotopic (exact) mass is 232 g/mol. The van der Waals surface area contributed by atoms with Gasteiger partial charge in [0.15, 0.2) is 9.04 Å². The van der Waals surface area contributed by atoms with Crippen LogP contribution in [0, 0.1) is 0 Å². The second kappa shape index (κ2) is 7.77. The van der Waals surface area contributed by atoms with Crippen molar-refractivity contribution >= 4 is 21.7 Å². The molecule has 1 saturated heterocycles. The highest BCUT2D eigenvalue weighted by Gasteiger charge is 2.23. The lowest BCUT2D eigenvalue weighted by atomic mass is 10.2. The van der Waals surface area contributed by atoms with Crippen molar-refractivity contribution in [2.75, 3.05) is 6.61 Å². The summed E-state index contributed by atoms with van der Waals surface area (Å²) in [6, 6.07) is 1.36. The van der Waals surface area contributed by atoms with Gasteiger partial charge in [0.05, 0.1) is 0 Å². The molecule has 0 radical (unpaired) electrons. The minimum absolute atomic E-state index is 0.618. The average Bonchev–Trinajstić information content (AvgIpc) is 2.25. The summed E-state index contributed by atoms with van der Waals surface area (Å²) in [7, 11) is -0.908. The quantitative estimate of drug-likeness (QED) is 0.420. The Labute approximate surface area is 95.8 Å². The fourth-order valence-corrected chi connectivity index (χ4v) is 5.46. The van der Waals surface area contributed by atoms with Crippen molar-refractivity contribution in [3.05, 3.63) is 0 Å². The van der Waals surface area contributed by atoms with E-state index in [0.717, 1.165) is 6.61 Å². The first kappa shape index (κ1) is 12.6. The topological polar surface area (TPSA) is 9.23 Å². The van der Waals surface area contributed by atoms with Crippen molar-refractivity contribution < 1.29 is 4.43 Å². The number of hydrogen-bond donors (Lipinski definition) is 1. The third-order valence-electron chi connectivity index (χ3n) is 3.00. The van der Waals surface area contributed by atoms with Crippen LogP contribution in [0.2, 0.25) is 6.04 Å². The van der Waals surface area contributed by atoms with E-state index in [2.05, 4.69) is 6.92 Å². The lowest BCUT2D eigenvalue weighted by molar-refractivity contribution is 0.284. The van der Waals surface area contributed by atoms with Crippen LogP contribution in [0.1, 0.15) is 51.9 Å². The van der Waals surface area contributed by atoms with E-state index < -0.39 is 9.04 Å². The zero-order chi connectivity index (χ0) is 10.2. The molecule has 1 fully saturated rings. The van der Waals surface area contributed by atoms with Crippen LogP contribution in [0.3, 0.4) is 0 Å². The molecule has 2 unspecified atom stereocenters. The fourth-order valence-electron chi connectivity index (χ4n) is 2.04. The maximum atomic E-state index is 5.86. The van der Waals surface area contributed by atoms with Crippen molar-refractivity contribution in [2.45, 2.75) is 62.8 Å². The molecule has 2 atom stereocenters. The lowest BCUT2D eigenvalue weighted by Gasteiger charge is -2.25. The van der Waals surface area contributed by atoms with Crippen LogP contribution in [0.5, 0.6) is 0 Å². The standard InChI is InChI=1S/C11H24OSSi/c1-2-3-4-5-8-11(13)14-10-7-6-9-12-14/h11,13-14H,2-10H2,1H3. The molecule has 0 saturated carbocycles. The van der Waals surface area contributed by atoms with Crippen molar-refractivity contribution in [3.8, 4) is 0 Å². The van der Waals surface area contributed by atoms with E-state index in [4.69, 9.17) is 17.1 Å². The van der Waals surface area contributed by atoms with Crippen molar-refractivity contribution in [2.24, 2.45) is 0 Å². The Balaban J connectivity index is 2.04. The first-order valence-electron chi connectivity index (χ1n) is 6.14. The van der Waals surface area contributed by atoms with Gasteiger partial charge in [-0.15, -0.1) is 0 Å². The van der Waals surface area contributed by atoms with Crippen LogP contribution in [0.4, 0.5) is 0 Å². The number of thiol groups is 1. The van der Waals surface area contributed by atoms with Crippen molar-refractivity contribution in [1.82, 2.24) is 0 Å². The molecule has 1 heterocycles. The number of rotatable bonds is 6. The van der Waals surface area contributed by atoms with Gasteiger partial charge in [0.2, 0.25) is 0 Å². The molecule has 84 valence electrons. The molecule has 1 aliphatic heterocycles. The summed E-state index contributed by atoms with van der Waals surface area (Å²) in [5, 5.41) is 0. The predicted molar refractivity (Wildman–Crippen MR) is 68.7 cm³/mol. The molecule has 0 N–H and O–H groups in total. The largest absolute Gasteiger partial charge is 0.419 e. The van der Waals surface area contributed by atoms with E-state index in [0.29, 0.717) is 4.87 Å². The van der Waals surface area contributed by atoms with E-state index in [1.807, 2.05) is 0 Å². The van der Waals surface area contributed by atoms with E-state index in [9.17, 15) is 0 Å². The molecule has 0 aromatic heterocycles. The van der Waals surface area contributed by atoms with Crippen LogP contribution in [0.25, 0.3) is 0 Å². The third-order valence-corrected chi connectivity index (χ3v) is 7.09. The van der Waals surface area contributed by atoms with Crippen LogP contribution >= 0.6 is 12.6 Å². The minimum atomic E-state index is -0.908. The van der Waals surface area contributed by atoms with Crippen LogP contribution < -0.4 is 0 Å². The predicted octanol–water partition coefficient (Wildman–Crippen LogP) is 3.33. The van der Waals surface area contributed by atoms with Crippen LogP contribution in [-0.4, -0.2) is 20.5 Å². The fraction of sp³-hybridized carbons (Fsp3) is 1.00. The van der Waals surface area contributed by atoms with E-state index in [1.54, 1.807) is 0 Å². The lowest BCUT2D eigenvalue weighted by Crippen LogP contribution is -2.33.